The SMILES string of the molecule is CCCOc1cc(C=C2COc3ccccc3C2=O)ccc1OC. The summed E-state index contributed by atoms with van der Waals surface area (Å²) in [5.74, 6) is 2.01. The van der Waals surface area contributed by atoms with Crippen LogP contribution in [0.1, 0.15) is 29.3 Å². The molecule has 0 radical (unpaired) electrons. The van der Waals surface area contributed by atoms with Crippen LogP contribution in [-0.4, -0.2) is 26.1 Å². The highest BCUT2D eigenvalue weighted by Gasteiger charge is 2.22. The predicted molar refractivity (Wildman–Crippen MR) is 93.0 cm³/mol. The number of rotatable bonds is 5. The lowest BCUT2D eigenvalue weighted by molar-refractivity contribution is 0.100. The Balaban J connectivity index is 1.90. The monoisotopic (exact) mass is 324 g/mol. The average Bonchev–Trinajstić information content (AvgIpc) is 2.62. The van der Waals surface area contributed by atoms with E-state index >= 15 is 0 Å². The van der Waals surface area contributed by atoms with Crippen LogP contribution in [0.4, 0.5) is 0 Å². The van der Waals surface area contributed by atoms with Crippen LogP contribution in [0, 0.1) is 0 Å². The van der Waals surface area contributed by atoms with Crippen LogP contribution in [0.15, 0.2) is 48.0 Å². The van der Waals surface area contributed by atoms with Gasteiger partial charge in [-0.05, 0) is 42.3 Å². The van der Waals surface area contributed by atoms with Crippen LogP contribution >= 0.6 is 0 Å². The van der Waals surface area contributed by atoms with Gasteiger partial charge in [-0.15, -0.1) is 0 Å². The maximum absolute atomic E-state index is 12.6. The molecule has 0 saturated heterocycles. The molecule has 1 heterocycles. The third kappa shape index (κ3) is 3.27. The van der Waals surface area contributed by atoms with Gasteiger partial charge in [-0.25, -0.2) is 0 Å². The van der Waals surface area contributed by atoms with E-state index in [0.29, 0.717) is 35.0 Å². The van der Waals surface area contributed by atoms with Crippen molar-refractivity contribution in [2.75, 3.05) is 20.3 Å². The van der Waals surface area contributed by atoms with Gasteiger partial charge in [0, 0.05) is 5.57 Å². The number of ketones is 1. The van der Waals surface area contributed by atoms with Gasteiger partial charge in [0.1, 0.15) is 12.4 Å². The summed E-state index contributed by atoms with van der Waals surface area (Å²) in [6.45, 7) is 2.94. The van der Waals surface area contributed by atoms with Crippen molar-refractivity contribution in [3.8, 4) is 17.2 Å². The van der Waals surface area contributed by atoms with Crippen LogP contribution in [0.5, 0.6) is 17.2 Å². The number of methoxy groups -OCH3 is 1. The van der Waals surface area contributed by atoms with Gasteiger partial charge < -0.3 is 14.2 Å². The van der Waals surface area contributed by atoms with Crippen LogP contribution in [0.3, 0.4) is 0 Å². The molecule has 3 rings (SSSR count). The van der Waals surface area contributed by atoms with E-state index in [1.54, 1.807) is 13.2 Å². The largest absolute Gasteiger partial charge is 0.493 e. The summed E-state index contributed by atoms with van der Waals surface area (Å²) >= 11 is 0. The first-order valence-electron chi connectivity index (χ1n) is 8.01. The second-order valence-electron chi connectivity index (χ2n) is 5.54. The molecule has 4 heteroatoms. The van der Waals surface area contributed by atoms with Crippen molar-refractivity contribution in [3.63, 3.8) is 0 Å². The Hall–Kier alpha value is -2.75. The zero-order chi connectivity index (χ0) is 16.9. The van der Waals surface area contributed by atoms with Gasteiger partial charge in [0.2, 0.25) is 0 Å². The Morgan fingerprint density at radius 2 is 2.00 bits per heavy atom. The molecule has 0 aromatic heterocycles. The molecule has 24 heavy (non-hydrogen) atoms. The topological polar surface area (TPSA) is 44.8 Å². The quantitative estimate of drug-likeness (QED) is 0.775. The number of carbonyl (C=O) groups is 1. The molecule has 0 saturated carbocycles. The maximum Gasteiger partial charge on any atom is 0.196 e. The molecule has 0 bridgehead atoms. The number of carbonyl (C=O) groups excluding carboxylic acids is 1. The summed E-state index contributed by atoms with van der Waals surface area (Å²) in [4.78, 5) is 12.6. The normalized spacial score (nSPS) is 14.9. The molecule has 0 unspecified atom stereocenters. The number of ether oxygens (including phenoxy) is 3. The van der Waals surface area contributed by atoms with E-state index in [2.05, 4.69) is 0 Å². The molecule has 2 aromatic carbocycles. The van der Waals surface area contributed by atoms with Gasteiger partial charge in [-0.3, -0.25) is 4.79 Å². The first-order chi connectivity index (χ1) is 11.7. The van der Waals surface area contributed by atoms with Gasteiger partial charge in [0.15, 0.2) is 17.3 Å². The van der Waals surface area contributed by atoms with E-state index in [4.69, 9.17) is 14.2 Å². The standard InChI is InChI=1S/C20H20O4/c1-3-10-23-19-12-14(8-9-18(19)22-2)11-15-13-24-17-7-5-4-6-16(17)20(15)21/h4-9,11-12H,3,10,13H2,1-2H3. The zero-order valence-electron chi connectivity index (χ0n) is 13.9. The van der Waals surface area contributed by atoms with E-state index < -0.39 is 0 Å². The molecule has 0 aliphatic carbocycles. The van der Waals surface area contributed by atoms with Crippen molar-refractivity contribution in [2.24, 2.45) is 0 Å². The fraction of sp³-hybridized carbons (Fsp3) is 0.250. The molecule has 0 amide bonds. The molecule has 0 atom stereocenters. The summed E-state index contributed by atoms with van der Waals surface area (Å²) < 4.78 is 16.7. The van der Waals surface area contributed by atoms with Crippen LogP contribution in [-0.2, 0) is 0 Å². The van der Waals surface area contributed by atoms with Gasteiger partial charge in [-0.1, -0.05) is 25.1 Å². The number of hydrogen-bond donors (Lipinski definition) is 0. The molecule has 4 nitrogen and oxygen atoms in total. The van der Waals surface area contributed by atoms with E-state index in [0.717, 1.165) is 12.0 Å². The number of Topliss-reactive ketones (excluding diaryl/α,β-unsaturated/α-hetero) is 1. The van der Waals surface area contributed by atoms with Crippen molar-refractivity contribution in [1.82, 2.24) is 0 Å². The van der Waals surface area contributed by atoms with Gasteiger partial charge >= 0.3 is 0 Å². The molecule has 1 aliphatic heterocycles. The summed E-state index contributed by atoms with van der Waals surface area (Å²) in [7, 11) is 1.61. The number of para-hydroxylation sites is 1. The lowest BCUT2D eigenvalue weighted by Crippen LogP contribution is -2.18. The third-order valence-electron chi connectivity index (χ3n) is 3.80. The number of fused-ring (bicyclic) bond motifs is 1. The predicted octanol–water partition coefficient (Wildman–Crippen LogP) is 4.14. The first-order valence-corrected chi connectivity index (χ1v) is 8.01. The zero-order valence-corrected chi connectivity index (χ0v) is 13.9. The van der Waals surface area contributed by atoms with E-state index in [1.165, 1.54) is 0 Å². The van der Waals surface area contributed by atoms with Crippen LogP contribution in [0.25, 0.3) is 6.08 Å². The molecular formula is C20H20O4. The lowest BCUT2D eigenvalue weighted by Gasteiger charge is -2.18. The Labute approximate surface area is 141 Å². The summed E-state index contributed by atoms with van der Waals surface area (Å²) in [5, 5.41) is 0. The minimum atomic E-state index is 0.00342. The molecule has 124 valence electrons. The fourth-order valence-electron chi connectivity index (χ4n) is 2.59. The van der Waals surface area contributed by atoms with E-state index in [-0.39, 0.29) is 12.4 Å². The highest BCUT2D eigenvalue weighted by molar-refractivity contribution is 6.14. The second-order valence-corrected chi connectivity index (χ2v) is 5.54. The Bertz CT molecular complexity index is 777. The molecular weight excluding hydrogens is 304 g/mol. The Morgan fingerprint density at radius 1 is 1.17 bits per heavy atom. The van der Waals surface area contributed by atoms with Crippen molar-refractivity contribution in [1.29, 1.82) is 0 Å². The molecule has 0 N–H and O–H groups in total. The molecule has 0 fully saturated rings. The Kier molecular flexibility index (Phi) is 4.85. The van der Waals surface area contributed by atoms with E-state index in [1.807, 2.05) is 49.4 Å². The minimum absolute atomic E-state index is 0.00342. The highest BCUT2D eigenvalue weighted by atomic mass is 16.5. The summed E-state index contributed by atoms with van der Waals surface area (Å²) in [6, 6.07) is 12.9. The first kappa shape index (κ1) is 16.1. The fourth-order valence-corrected chi connectivity index (χ4v) is 2.59. The molecule has 2 aromatic rings. The van der Waals surface area contributed by atoms with Crippen molar-refractivity contribution < 1.29 is 19.0 Å². The van der Waals surface area contributed by atoms with Crippen molar-refractivity contribution >= 4 is 11.9 Å². The summed E-state index contributed by atoms with van der Waals surface area (Å²) in [6.07, 6.45) is 2.76. The number of benzene rings is 2. The maximum atomic E-state index is 12.6. The lowest BCUT2D eigenvalue weighted by atomic mass is 9.98. The second kappa shape index (κ2) is 7.21. The average molecular weight is 324 g/mol. The van der Waals surface area contributed by atoms with E-state index in [9.17, 15) is 4.79 Å². The third-order valence-corrected chi connectivity index (χ3v) is 3.80. The van der Waals surface area contributed by atoms with Gasteiger partial charge in [-0.2, -0.15) is 0 Å². The van der Waals surface area contributed by atoms with Gasteiger partial charge in [0.25, 0.3) is 0 Å². The van der Waals surface area contributed by atoms with Crippen molar-refractivity contribution in [3.05, 3.63) is 59.2 Å². The molecule has 0 spiro atoms. The summed E-state index contributed by atoms with van der Waals surface area (Å²) in [5.41, 5.74) is 2.11. The molecule has 1 aliphatic rings. The highest BCUT2D eigenvalue weighted by Crippen LogP contribution is 2.31. The smallest absolute Gasteiger partial charge is 0.196 e. The number of hydrogen-bond acceptors (Lipinski definition) is 4. The van der Waals surface area contributed by atoms with Crippen LogP contribution < -0.4 is 14.2 Å². The van der Waals surface area contributed by atoms with Gasteiger partial charge in [0.05, 0.1) is 19.3 Å². The van der Waals surface area contributed by atoms with Crippen LogP contribution in [0.2, 0.25) is 0 Å². The Morgan fingerprint density at radius 3 is 2.79 bits per heavy atom. The minimum Gasteiger partial charge on any atom is -0.493 e. The van der Waals surface area contributed by atoms with Crippen molar-refractivity contribution in [2.45, 2.75) is 13.3 Å².